The molecular formula is C19H17F2N7O2. The van der Waals surface area contributed by atoms with Crippen molar-refractivity contribution in [3.63, 3.8) is 0 Å². The number of piperazine rings is 1. The Hall–Kier alpha value is -3.89. The number of halogens is 2. The van der Waals surface area contributed by atoms with Crippen molar-refractivity contribution in [1.29, 1.82) is 0 Å². The summed E-state index contributed by atoms with van der Waals surface area (Å²) in [5.74, 6) is -2.37. The second-order valence-corrected chi connectivity index (χ2v) is 6.67. The summed E-state index contributed by atoms with van der Waals surface area (Å²) in [6.45, 7) is 1.54. The lowest BCUT2D eigenvalue weighted by molar-refractivity contribution is -0.113. The second-order valence-electron chi connectivity index (χ2n) is 6.67. The number of carbonyl (C=O) groups is 2. The third-order valence-corrected chi connectivity index (χ3v) is 4.73. The van der Waals surface area contributed by atoms with Gasteiger partial charge in [0.25, 0.3) is 5.91 Å². The van der Waals surface area contributed by atoms with E-state index in [4.69, 9.17) is 5.73 Å². The summed E-state index contributed by atoms with van der Waals surface area (Å²) in [5.41, 5.74) is 6.56. The van der Waals surface area contributed by atoms with Crippen LogP contribution in [0.3, 0.4) is 0 Å². The maximum absolute atomic E-state index is 13.8. The number of anilines is 1. The van der Waals surface area contributed by atoms with Gasteiger partial charge in [-0.05, 0) is 6.08 Å². The molecule has 0 atom stereocenters. The molecule has 3 aromatic heterocycles. The van der Waals surface area contributed by atoms with Crippen LogP contribution in [-0.4, -0.2) is 62.8 Å². The molecule has 30 heavy (non-hydrogen) atoms. The van der Waals surface area contributed by atoms with E-state index in [1.54, 1.807) is 18.5 Å². The van der Waals surface area contributed by atoms with E-state index in [0.29, 0.717) is 54.8 Å². The lowest BCUT2D eigenvalue weighted by atomic mass is 10.2. The number of amides is 2. The molecule has 0 aliphatic carbocycles. The van der Waals surface area contributed by atoms with Gasteiger partial charge in [-0.1, -0.05) is 0 Å². The number of nitrogens with one attached hydrogen (secondary N) is 1. The fourth-order valence-electron chi connectivity index (χ4n) is 3.21. The largest absolute Gasteiger partial charge is 0.366 e. The smallest absolute Gasteiger partial charge is 0.275 e. The number of primary amides is 1. The Balaban J connectivity index is 1.48. The number of fused-ring (bicyclic) bond motifs is 1. The Morgan fingerprint density at radius 2 is 1.90 bits per heavy atom. The number of nitrogens with two attached hydrogens (primary N) is 1. The lowest BCUT2D eigenvalue weighted by Gasteiger charge is -2.35. The van der Waals surface area contributed by atoms with Crippen molar-refractivity contribution in [3.05, 3.63) is 53.6 Å². The van der Waals surface area contributed by atoms with Crippen LogP contribution >= 0.6 is 0 Å². The highest BCUT2D eigenvalue weighted by Crippen LogP contribution is 2.21. The minimum atomic E-state index is -0.984. The van der Waals surface area contributed by atoms with Gasteiger partial charge in [0.05, 0.1) is 12.4 Å². The van der Waals surface area contributed by atoms with Gasteiger partial charge in [-0.25, -0.2) is 23.7 Å². The summed E-state index contributed by atoms with van der Waals surface area (Å²) in [6.07, 6.45) is 6.90. The maximum atomic E-state index is 13.8. The number of hydrogen-bond acceptors (Lipinski definition) is 6. The van der Waals surface area contributed by atoms with Crippen LogP contribution in [0.2, 0.25) is 0 Å². The first-order chi connectivity index (χ1) is 14.4. The molecule has 9 nitrogen and oxygen atoms in total. The van der Waals surface area contributed by atoms with E-state index < -0.39 is 29.1 Å². The van der Waals surface area contributed by atoms with Crippen molar-refractivity contribution in [2.45, 2.75) is 0 Å². The first kappa shape index (κ1) is 19.4. The van der Waals surface area contributed by atoms with Gasteiger partial charge >= 0.3 is 0 Å². The molecule has 1 saturated heterocycles. The minimum Gasteiger partial charge on any atom is -0.366 e. The number of aromatic amines is 1. The minimum absolute atomic E-state index is 0.318. The van der Waals surface area contributed by atoms with Crippen molar-refractivity contribution in [2.24, 2.45) is 5.73 Å². The molecule has 0 aromatic carbocycles. The molecule has 0 radical (unpaired) electrons. The van der Waals surface area contributed by atoms with Crippen molar-refractivity contribution >= 4 is 34.9 Å². The Morgan fingerprint density at radius 1 is 1.13 bits per heavy atom. The number of carbonyl (C=O) groups excluding carboxylic acids is 2. The lowest BCUT2D eigenvalue weighted by Crippen LogP contribution is -2.49. The average molecular weight is 413 g/mol. The molecule has 1 aliphatic heterocycles. The van der Waals surface area contributed by atoms with Crippen LogP contribution in [-0.2, 0) is 4.79 Å². The van der Waals surface area contributed by atoms with E-state index in [9.17, 15) is 18.4 Å². The Kier molecular flexibility index (Phi) is 5.09. The quantitative estimate of drug-likeness (QED) is 0.618. The predicted molar refractivity (Wildman–Crippen MR) is 104 cm³/mol. The molecule has 0 bridgehead atoms. The summed E-state index contributed by atoms with van der Waals surface area (Å²) >= 11 is 0. The van der Waals surface area contributed by atoms with Crippen LogP contribution in [0.15, 0.2) is 30.7 Å². The Bertz CT molecular complexity index is 1150. The zero-order valence-electron chi connectivity index (χ0n) is 15.7. The summed E-state index contributed by atoms with van der Waals surface area (Å²) in [6, 6.07) is 0.641. The van der Waals surface area contributed by atoms with E-state index in [0.717, 1.165) is 6.20 Å². The molecule has 4 rings (SSSR count). The van der Waals surface area contributed by atoms with Crippen molar-refractivity contribution < 1.29 is 18.4 Å². The van der Waals surface area contributed by atoms with Crippen LogP contribution < -0.4 is 10.6 Å². The molecule has 3 N–H and O–H groups in total. The first-order valence-electron chi connectivity index (χ1n) is 9.09. The molecule has 4 heterocycles. The molecule has 11 heteroatoms. The van der Waals surface area contributed by atoms with Crippen molar-refractivity contribution in [2.75, 3.05) is 31.1 Å². The van der Waals surface area contributed by atoms with Gasteiger partial charge in [0.1, 0.15) is 17.2 Å². The molecule has 0 spiro atoms. The number of nitrogens with zero attached hydrogens (tertiary/aromatic N) is 5. The van der Waals surface area contributed by atoms with E-state index in [-0.39, 0.29) is 0 Å². The van der Waals surface area contributed by atoms with Gasteiger partial charge in [-0.2, -0.15) is 0 Å². The Morgan fingerprint density at radius 3 is 2.60 bits per heavy atom. The zero-order chi connectivity index (χ0) is 21.3. The highest BCUT2D eigenvalue weighted by Gasteiger charge is 2.26. The monoisotopic (exact) mass is 413 g/mol. The number of rotatable bonds is 4. The fraction of sp³-hybridized carbons (Fsp3) is 0.211. The summed E-state index contributed by atoms with van der Waals surface area (Å²) in [4.78, 5) is 42.4. The SMILES string of the molecule is NC(=O)/C=C/c1c[nH]c2ncc(N3CCN(C(=O)c4ncc(F)cc4F)CC3)nc12. The van der Waals surface area contributed by atoms with Gasteiger partial charge in [0.2, 0.25) is 5.91 Å². The third-order valence-electron chi connectivity index (χ3n) is 4.73. The first-order valence-corrected chi connectivity index (χ1v) is 9.09. The summed E-state index contributed by atoms with van der Waals surface area (Å²) in [5, 5.41) is 0. The van der Waals surface area contributed by atoms with Crippen LogP contribution in [0.4, 0.5) is 14.6 Å². The number of aromatic nitrogens is 4. The van der Waals surface area contributed by atoms with E-state index in [1.165, 1.54) is 11.0 Å². The molecule has 2 amide bonds. The van der Waals surface area contributed by atoms with E-state index >= 15 is 0 Å². The number of hydrogen-bond donors (Lipinski definition) is 2. The standard InChI is InChI=1S/C19H17F2N7O2/c20-12-7-13(21)17(23-9-12)19(30)28-5-3-27(4-6-28)15-10-25-18-16(26-15)11(8-24-18)1-2-14(22)29/h1-2,7-10H,3-6H2,(H2,22,29)(H,24,25)/b2-1+. The van der Waals surface area contributed by atoms with Crippen molar-refractivity contribution in [1.82, 2.24) is 24.8 Å². The fourth-order valence-corrected chi connectivity index (χ4v) is 3.21. The topological polar surface area (TPSA) is 121 Å². The van der Waals surface area contributed by atoms with Gasteiger partial charge in [0, 0.05) is 50.1 Å². The zero-order valence-corrected chi connectivity index (χ0v) is 15.7. The molecule has 1 fully saturated rings. The number of pyridine rings is 1. The normalized spacial score (nSPS) is 14.6. The highest BCUT2D eigenvalue weighted by molar-refractivity contribution is 5.94. The molecule has 1 aliphatic rings. The van der Waals surface area contributed by atoms with Crippen molar-refractivity contribution in [3.8, 4) is 0 Å². The Labute approximate surface area is 169 Å². The van der Waals surface area contributed by atoms with Crippen LogP contribution in [0.5, 0.6) is 0 Å². The number of H-pyrrole nitrogens is 1. The van der Waals surface area contributed by atoms with Gasteiger partial charge in [0.15, 0.2) is 17.2 Å². The van der Waals surface area contributed by atoms with Crippen LogP contribution in [0, 0.1) is 11.6 Å². The summed E-state index contributed by atoms with van der Waals surface area (Å²) in [7, 11) is 0. The predicted octanol–water partition coefficient (Wildman–Crippen LogP) is 1.09. The van der Waals surface area contributed by atoms with E-state index in [1.807, 2.05) is 4.90 Å². The maximum Gasteiger partial charge on any atom is 0.275 e. The third kappa shape index (κ3) is 3.81. The highest BCUT2D eigenvalue weighted by atomic mass is 19.1. The molecule has 0 saturated carbocycles. The van der Waals surface area contributed by atoms with Gasteiger partial charge < -0.3 is 20.5 Å². The van der Waals surface area contributed by atoms with Gasteiger partial charge in [-0.15, -0.1) is 0 Å². The van der Waals surface area contributed by atoms with Crippen LogP contribution in [0.25, 0.3) is 17.2 Å². The second kappa shape index (κ2) is 7.85. The van der Waals surface area contributed by atoms with Gasteiger partial charge in [-0.3, -0.25) is 9.59 Å². The van der Waals surface area contributed by atoms with Crippen LogP contribution in [0.1, 0.15) is 16.1 Å². The van der Waals surface area contributed by atoms with E-state index in [2.05, 4.69) is 19.9 Å². The molecule has 0 unspecified atom stereocenters. The molecular weight excluding hydrogens is 396 g/mol. The summed E-state index contributed by atoms with van der Waals surface area (Å²) < 4.78 is 26.9. The average Bonchev–Trinajstić information content (AvgIpc) is 3.14. The molecule has 3 aromatic rings. The molecule has 154 valence electrons.